The lowest BCUT2D eigenvalue weighted by Gasteiger charge is -2.17. The van der Waals surface area contributed by atoms with E-state index in [1.807, 2.05) is 32.0 Å². The van der Waals surface area contributed by atoms with Crippen molar-refractivity contribution < 1.29 is 13.9 Å². The molecule has 116 valence electrons. The number of hydrogen-bond donors (Lipinski definition) is 1. The van der Waals surface area contributed by atoms with Crippen LogP contribution < -0.4 is 10.1 Å². The molecule has 0 aliphatic rings. The topological polar surface area (TPSA) is 38.3 Å². The third-order valence-electron chi connectivity index (χ3n) is 3.61. The van der Waals surface area contributed by atoms with Gasteiger partial charge in [0.2, 0.25) is 0 Å². The predicted molar refractivity (Wildman–Crippen MR) is 84.3 cm³/mol. The lowest BCUT2D eigenvalue weighted by molar-refractivity contribution is -0.127. The Morgan fingerprint density at radius 2 is 1.86 bits per heavy atom. The quantitative estimate of drug-likeness (QED) is 0.917. The van der Waals surface area contributed by atoms with Gasteiger partial charge >= 0.3 is 0 Å². The predicted octanol–water partition coefficient (Wildman–Crippen LogP) is 3.53. The van der Waals surface area contributed by atoms with Crippen LogP contribution in [0.25, 0.3) is 0 Å². The second-order valence-corrected chi connectivity index (χ2v) is 5.30. The molecular weight excluding hydrogens is 281 g/mol. The van der Waals surface area contributed by atoms with Gasteiger partial charge in [-0.15, -0.1) is 0 Å². The fourth-order valence-electron chi connectivity index (χ4n) is 2.03. The standard InChI is InChI=1S/C18H20FNO2/c1-12-5-4-6-17(13(12)2)22-14(3)18(21)20-11-15-7-9-16(19)10-8-15/h4-10,14H,11H2,1-3H3,(H,20,21)/t14-/m0/s1. The van der Waals surface area contributed by atoms with Crippen LogP contribution in [0.3, 0.4) is 0 Å². The molecule has 0 bridgehead atoms. The summed E-state index contributed by atoms with van der Waals surface area (Å²) < 4.78 is 18.5. The molecule has 2 rings (SSSR count). The minimum absolute atomic E-state index is 0.203. The Balaban J connectivity index is 1.92. The first-order valence-electron chi connectivity index (χ1n) is 7.22. The fourth-order valence-corrected chi connectivity index (χ4v) is 2.03. The number of carbonyl (C=O) groups excluding carboxylic acids is 1. The average molecular weight is 301 g/mol. The van der Waals surface area contributed by atoms with E-state index in [1.54, 1.807) is 19.1 Å². The summed E-state index contributed by atoms with van der Waals surface area (Å²) >= 11 is 0. The summed E-state index contributed by atoms with van der Waals surface area (Å²) in [7, 11) is 0. The molecule has 1 N–H and O–H groups in total. The van der Waals surface area contributed by atoms with Crippen molar-refractivity contribution in [2.45, 2.75) is 33.4 Å². The fraction of sp³-hybridized carbons (Fsp3) is 0.278. The van der Waals surface area contributed by atoms with Crippen LogP contribution in [0.4, 0.5) is 4.39 Å². The first-order valence-corrected chi connectivity index (χ1v) is 7.22. The summed E-state index contributed by atoms with van der Waals surface area (Å²) in [5, 5.41) is 2.79. The molecule has 2 aromatic carbocycles. The van der Waals surface area contributed by atoms with Gasteiger partial charge in [0.1, 0.15) is 11.6 Å². The van der Waals surface area contributed by atoms with Crippen LogP contribution in [0, 0.1) is 19.7 Å². The van der Waals surface area contributed by atoms with Gasteiger partial charge in [0.25, 0.3) is 5.91 Å². The first-order chi connectivity index (χ1) is 10.5. The molecule has 0 aliphatic heterocycles. The lowest BCUT2D eigenvalue weighted by Crippen LogP contribution is -2.36. The van der Waals surface area contributed by atoms with E-state index in [0.717, 1.165) is 16.7 Å². The molecule has 22 heavy (non-hydrogen) atoms. The van der Waals surface area contributed by atoms with Crippen LogP contribution in [0.2, 0.25) is 0 Å². The van der Waals surface area contributed by atoms with Crippen molar-refractivity contribution in [2.24, 2.45) is 0 Å². The number of rotatable bonds is 5. The molecule has 0 spiro atoms. The van der Waals surface area contributed by atoms with Crippen LogP contribution in [0.15, 0.2) is 42.5 Å². The van der Waals surface area contributed by atoms with Crippen molar-refractivity contribution in [1.29, 1.82) is 0 Å². The number of benzene rings is 2. The number of amides is 1. The summed E-state index contributed by atoms with van der Waals surface area (Å²) in [4.78, 5) is 12.1. The Morgan fingerprint density at radius 3 is 2.55 bits per heavy atom. The number of hydrogen-bond acceptors (Lipinski definition) is 2. The molecule has 1 atom stereocenters. The number of aryl methyl sites for hydroxylation is 1. The van der Waals surface area contributed by atoms with E-state index in [9.17, 15) is 9.18 Å². The molecule has 0 aliphatic carbocycles. The largest absolute Gasteiger partial charge is 0.481 e. The van der Waals surface area contributed by atoms with Crippen molar-refractivity contribution in [3.8, 4) is 5.75 Å². The summed E-state index contributed by atoms with van der Waals surface area (Å²) in [6.45, 7) is 6.02. The maximum absolute atomic E-state index is 12.8. The van der Waals surface area contributed by atoms with E-state index in [-0.39, 0.29) is 11.7 Å². The smallest absolute Gasteiger partial charge is 0.261 e. The average Bonchev–Trinajstić information content (AvgIpc) is 2.51. The molecular formula is C18H20FNO2. The highest BCUT2D eigenvalue weighted by atomic mass is 19.1. The maximum Gasteiger partial charge on any atom is 0.261 e. The molecule has 0 fully saturated rings. The van der Waals surface area contributed by atoms with Gasteiger partial charge in [-0.25, -0.2) is 4.39 Å². The van der Waals surface area contributed by atoms with Crippen molar-refractivity contribution in [1.82, 2.24) is 5.32 Å². The maximum atomic E-state index is 12.8. The molecule has 0 aromatic heterocycles. The summed E-state index contributed by atoms with van der Waals surface area (Å²) in [5.41, 5.74) is 2.99. The van der Waals surface area contributed by atoms with Gasteiger partial charge in [-0.2, -0.15) is 0 Å². The molecule has 4 heteroatoms. The zero-order valence-corrected chi connectivity index (χ0v) is 13.0. The highest BCUT2D eigenvalue weighted by Gasteiger charge is 2.15. The Kier molecular flexibility index (Phi) is 5.15. The van der Waals surface area contributed by atoms with E-state index in [2.05, 4.69) is 5.32 Å². The normalized spacial score (nSPS) is 11.8. The first kappa shape index (κ1) is 16.0. The van der Waals surface area contributed by atoms with Crippen LogP contribution in [0.5, 0.6) is 5.75 Å². The van der Waals surface area contributed by atoms with Gasteiger partial charge in [0, 0.05) is 6.54 Å². The Labute approximate surface area is 130 Å². The van der Waals surface area contributed by atoms with Crippen LogP contribution in [-0.4, -0.2) is 12.0 Å². The highest BCUT2D eigenvalue weighted by Crippen LogP contribution is 2.21. The molecule has 0 heterocycles. The van der Waals surface area contributed by atoms with E-state index in [1.165, 1.54) is 12.1 Å². The van der Waals surface area contributed by atoms with E-state index < -0.39 is 6.10 Å². The molecule has 0 saturated heterocycles. The third-order valence-corrected chi connectivity index (χ3v) is 3.61. The third kappa shape index (κ3) is 4.07. The number of ether oxygens (including phenoxy) is 1. The minimum atomic E-state index is -0.596. The van der Waals surface area contributed by atoms with Gasteiger partial charge in [0.15, 0.2) is 6.10 Å². The van der Waals surface area contributed by atoms with Gasteiger partial charge in [-0.3, -0.25) is 4.79 Å². The van der Waals surface area contributed by atoms with E-state index >= 15 is 0 Å². The van der Waals surface area contributed by atoms with Crippen LogP contribution in [-0.2, 0) is 11.3 Å². The van der Waals surface area contributed by atoms with Gasteiger partial charge < -0.3 is 10.1 Å². The van der Waals surface area contributed by atoms with Gasteiger partial charge in [0.05, 0.1) is 0 Å². The van der Waals surface area contributed by atoms with E-state index in [4.69, 9.17) is 4.74 Å². The zero-order chi connectivity index (χ0) is 16.1. The molecule has 0 unspecified atom stereocenters. The van der Waals surface area contributed by atoms with Crippen molar-refractivity contribution >= 4 is 5.91 Å². The van der Waals surface area contributed by atoms with Crippen molar-refractivity contribution in [3.63, 3.8) is 0 Å². The molecule has 0 radical (unpaired) electrons. The van der Waals surface area contributed by atoms with Crippen molar-refractivity contribution in [2.75, 3.05) is 0 Å². The van der Waals surface area contributed by atoms with Crippen molar-refractivity contribution in [3.05, 3.63) is 65.0 Å². The second kappa shape index (κ2) is 7.07. The number of carbonyl (C=O) groups is 1. The van der Waals surface area contributed by atoms with Gasteiger partial charge in [-0.05, 0) is 55.7 Å². The Morgan fingerprint density at radius 1 is 1.18 bits per heavy atom. The minimum Gasteiger partial charge on any atom is -0.481 e. The summed E-state index contributed by atoms with van der Waals surface area (Å²) in [6.07, 6.45) is -0.596. The Hall–Kier alpha value is -2.36. The van der Waals surface area contributed by atoms with Gasteiger partial charge in [-0.1, -0.05) is 24.3 Å². The molecule has 0 saturated carbocycles. The number of halogens is 1. The zero-order valence-electron chi connectivity index (χ0n) is 13.0. The molecule has 3 nitrogen and oxygen atoms in total. The lowest BCUT2D eigenvalue weighted by atomic mass is 10.1. The second-order valence-electron chi connectivity index (χ2n) is 5.30. The SMILES string of the molecule is Cc1cccc(O[C@@H](C)C(=O)NCc2ccc(F)cc2)c1C. The van der Waals surface area contributed by atoms with E-state index in [0.29, 0.717) is 12.3 Å². The van der Waals surface area contributed by atoms with Crippen LogP contribution >= 0.6 is 0 Å². The highest BCUT2D eigenvalue weighted by molar-refractivity contribution is 5.80. The molecule has 1 amide bonds. The monoisotopic (exact) mass is 301 g/mol. The summed E-state index contributed by atoms with van der Waals surface area (Å²) in [5.74, 6) is 0.219. The Bertz CT molecular complexity index is 653. The molecule has 2 aromatic rings. The van der Waals surface area contributed by atoms with Crippen LogP contribution in [0.1, 0.15) is 23.6 Å². The number of nitrogens with one attached hydrogen (secondary N) is 1. The summed E-state index contributed by atoms with van der Waals surface area (Å²) in [6, 6.07) is 11.8.